The number of alkyl halides is 2. The van der Waals surface area contributed by atoms with Crippen LogP contribution < -0.4 is 5.32 Å². The quantitative estimate of drug-likeness (QED) is 0.726. The van der Waals surface area contributed by atoms with Crippen LogP contribution in [0.15, 0.2) is 0 Å². The molecule has 80 valence electrons. The normalized spacial score (nSPS) is 34.6. The molecule has 1 aliphatic carbocycles. The van der Waals surface area contributed by atoms with Crippen LogP contribution in [-0.4, -0.2) is 41.3 Å². The van der Waals surface area contributed by atoms with E-state index in [0.29, 0.717) is 12.5 Å². The van der Waals surface area contributed by atoms with Crippen molar-refractivity contribution < 1.29 is 4.79 Å². The van der Waals surface area contributed by atoms with Crippen molar-refractivity contribution in [2.75, 3.05) is 20.1 Å². The van der Waals surface area contributed by atoms with Crippen LogP contribution in [0.4, 0.5) is 0 Å². The summed E-state index contributed by atoms with van der Waals surface area (Å²) in [7, 11) is 1.92. The van der Waals surface area contributed by atoms with E-state index < -0.39 is 4.33 Å². The van der Waals surface area contributed by atoms with Gasteiger partial charge in [-0.05, 0) is 19.9 Å². The molecule has 0 aromatic heterocycles. The Balaban J connectivity index is 1.89. The fourth-order valence-electron chi connectivity index (χ4n) is 1.90. The third-order valence-corrected chi connectivity index (χ3v) is 3.87. The van der Waals surface area contributed by atoms with Crippen molar-refractivity contribution in [1.29, 1.82) is 0 Å². The first-order chi connectivity index (χ1) is 6.54. The lowest BCUT2D eigenvalue weighted by Gasteiger charge is -2.16. The molecule has 1 amide bonds. The van der Waals surface area contributed by atoms with Gasteiger partial charge in [0, 0.05) is 19.1 Å². The topological polar surface area (TPSA) is 32.3 Å². The summed E-state index contributed by atoms with van der Waals surface area (Å²) in [6, 6.07) is 0.428. The number of carbonyl (C=O) groups is 1. The first-order valence-corrected chi connectivity index (χ1v) is 5.64. The van der Waals surface area contributed by atoms with Crippen molar-refractivity contribution in [2.24, 2.45) is 5.92 Å². The number of nitrogens with zero attached hydrogens (tertiary/aromatic N) is 1. The minimum absolute atomic E-state index is 0.118. The van der Waals surface area contributed by atoms with E-state index in [1.54, 1.807) is 0 Å². The molecule has 1 N–H and O–H groups in total. The molecular weight excluding hydrogens is 223 g/mol. The molecule has 1 saturated carbocycles. The van der Waals surface area contributed by atoms with Crippen molar-refractivity contribution >= 4 is 29.1 Å². The second-order valence-electron chi connectivity index (χ2n) is 4.08. The maximum atomic E-state index is 11.8. The second kappa shape index (κ2) is 3.54. The fourth-order valence-corrected chi connectivity index (χ4v) is 2.39. The van der Waals surface area contributed by atoms with Crippen molar-refractivity contribution in [3.8, 4) is 0 Å². The van der Waals surface area contributed by atoms with Gasteiger partial charge in [0.25, 0.3) is 0 Å². The number of likely N-dealkylation sites (N-methyl/N-ethyl adjacent to an activating group) is 1. The monoisotopic (exact) mass is 236 g/mol. The van der Waals surface area contributed by atoms with Gasteiger partial charge in [0.2, 0.25) is 5.91 Å². The molecule has 0 aromatic rings. The van der Waals surface area contributed by atoms with Gasteiger partial charge in [0.1, 0.15) is 4.33 Å². The van der Waals surface area contributed by atoms with E-state index >= 15 is 0 Å². The van der Waals surface area contributed by atoms with Crippen molar-refractivity contribution in [3.63, 3.8) is 0 Å². The predicted molar refractivity (Wildman–Crippen MR) is 56.6 cm³/mol. The maximum absolute atomic E-state index is 11.8. The molecule has 0 aromatic carbocycles. The molecule has 5 heteroatoms. The van der Waals surface area contributed by atoms with Gasteiger partial charge in [-0.2, -0.15) is 0 Å². The molecule has 1 heterocycles. The third kappa shape index (κ3) is 1.86. The Kier molecular flexibility index (Phi) is 2.66. The summed E-state index contributed by atoms with van der Waals surface area (Å²) in [5.41, 5.74) is 0. The Morgan fingerprint density at radius 2 is 2.21 bits per heavy atom. The lowest BCUT2D eigenvalue weighted by Crippen LogP contribution is -2.35. The Bertz CT molecular complexity index is 257. The average Bonchev–Trinajstić information content (AvgIpc) is 2.64. The number of carbonyl (C=O) groups excluding carboxylic acids is 1. The number of hydrogen-bond acceptors (Lipinski definition) is 2. The molecule has 2 unspecified atom stereocenters. The Morgan fingerprint density at radius 1 is 1.57 bits per heavy atom. The summed E-state index contributed by atoms with van der Waals surface area (Å²) in [5.74, 6) is -0.0470. The van der Waals surface area contributed by atoms with Crippen LogP contribution in [0.25, 0.3) is 0 Å². The SMILES string of the molecule is CNC1CCN(C(=O)C2CC2(Cl)Cl)C1. The first-order valence-electron chi connectivity index (χ1n) is 4.88. The van der Waals surface area contributed by atoms with Gasteiger partial charge in [-0.25, -0.2) is 0 Å². The van der Waals surface area contributed by atoms with E-state index in [1.807, 2.05) is 11.9 Å². The summed E-state index contributed by atoms with van der Waals surface area (Å²) in [4.78, 5) is 13.7. The number of rotatable bonds is 2. The maximum Gasteiger partial charge on any atom is 0.228 e. The number of amides is 1. The molecule has 2 atom stereocenters. The van der Waals surface area contributed by atoms with Gasteiger partial charge in [-0.3, -0.25) is 4.79 Å². The van der Waals surface area contributed by atoms with Crippen LogP contribution in [0.3, 0.4) is 0 Å². The standard InChI is InChI=1S/C9H14Cl2N2O/c1-12-6-2-3-13(5-6)8(14)7-4-9(7,10)11/h6-7,12H,2-5H2,1H3. The second-order valence-corrected chi connectivity index (χ2v) is 5.62. The minimum Gasteiger partial charge on any atom is -0.341 e. The molecule has 14 heavy (non-hydrogen) atoms. The van der Waals surface area contributed by atoms with E-state index in [4.69, 9.17) is 23.2 Å². The van der Waals surface area contributed by atoms with Crippen molar-refractivity contribution in [2.45, 2.75) is 23.2 Å². The molecule has 0 bridgehead atoms. The zero-order valence-corrected chi connectivity index (χ0v) is 9.61. The molecule has 1 aliphatic heterocycles. The van der Waals surface area contributed by atoms with E-state index in [9.17, 15) is 4.79 Å². The molecule has 3 nitrogen and oxygen atoms in total. The fraction of sp³-hybridized carbons (Fsp3) is 0.889. The van der Waals surface area contributed by atoms with Crippen LogP contribution in [0, 0.1) is 5.92 Å². The molecule has 2 rings (SSSR count). The predicted octanol–water partition coefficient (Wildman–Crippen LogP) is 1.00. The number of nitrogens with one attached hydrogen (secondary N) is 1. The van der Waals surface area contributed by atoms with Gasteiger partial charge in [0.15, 0.2) is 0 Å². The molecule has 0 radical (unpaired) electrons. The lowest BCUT2D eigenvalue weighted by atomic mass is 10.3. The van der Waals surface area contributed by atoms with Gasteiger partial charge >= 0.3 is 0 Å². The van der Waals surface area contributed by atoms with E-state index in [-0.39, 0.29) is 11.8 Å². The summed E-state index contributed by atoms with van der Waals surface area (Å²) < 4.78 is -0.783. The smallest absolute Gasteiger partial charge is 0.228 e. The highest BCUT2D eigenvalue weighted by Crippen LogP contribution is 2.54. The van der Waals surface area contributed by atoms with Gasteiger partial charge in [0.05, 0.1) is 5.92 Å². The molecule has 1 saturated heterocycles. The van der Waals surface area contributed by atoms with Crippen molar-refractivity contribution in [1.82, 2.24) is 10.2 Å². The van der Waals surface area contributed by atoms with Crippen LogP contribution in [0.5, 0.6) is 0 Å². The summed E-state index contributed by atoms with van der Waals surface area (Å²) in [5, 5.41) is 3.17. The largest absolute Gasteiger partial charge is 0.341 e. The summed E-state index contributed by atoms with van der Waals surface area (Å²) in [6.45, 7) is 1.61. The molecule has 0 spiro atoms. The number of halogens is 2. The summed E-state index contributed by atoms with van der Waals surface area (Å²) in [6.07, 6.45) is 1.63. The molecular formula is C9H14Cl2N2O. The first kappa shape index (κ1) is 10.5. The number of hydrogen-bond donors (Lipinski definition) is 1. The Hall–Kier alpha value is 0.01000. The highest BCUT2D eigenvalue weighted by molar-refractivity contribution is 6.52. The molecule has 2 aliphatic rings. The Morgan fingerprint density at radius 3 is 2.64 bits per heavy atom. The van der Waals surface area contributed by atoms with Crippen LogP contribution in [-0.2, 0) is 4.79 Å². The lowest BCUT2D eigenvalue weighted by molar-refractivity contribution is -0.131. The summed E-state index contributed by atoms with van der Waals surface area (Å²) >= 11 is 11.7. The third-order valence-electron chi connectivity index (χ3n) is 3.03. The van der Waals surface area contributed by atoms with E-state index in [2.05, 4.69) is 5.32 Å². The average molecular weight is 237 g/mol. The van der Waals surface area contributed by atoms with Gasteiger partial charge < -0.3 is 10.2 Å². The van der Waals surface area contributed by atoms with Crippen molar-refractivity contribution in [3.05, 3.63) is 0 Å². The molecule has 2 fully saturated rings. The van der Waals surface area contributed by atoms with E-state index in [0.717, 1.165) is 19.5 Å². The minimum atomic E-state index is -0.783. The highest BCUT2D eigenvalue weighted by atomic mass is 35.5. The van der Waals surface area contributed by atoms with Crippen LogP contribution in [0.2, 0.25) is 0 Å². The number of likely N-dealkylation sites (tertiary alicyclic amines) is 1. The highest BCUT2D eigenvalue weighted by Gasteiger charge is 2.57. The zero-order valence-electron chi connectivity index (χ0n) is 8.09. The van der Waals surface area contributed by atoms with Gasteiger partial charge in [-0.1, -0.05) is 0 Å². The van der Waals surface area contributed by atoms with E-state index in [1.165, 1.54) is 0 Å². The Labute approximate surface area is 93.7 Å². The zero-order chi connectivity index (χ0) is 10.3. The van der Waals surface area contributed by atoms with Gasteiger partial charge in [-0.15, -0.1) is 23.2 Å². The van der Waals surface area contributed by atoms with Crippen LogP contribution in [0.1, 0.15) is 12.8 Å². The van der Waals surface area contributed by atoms with Crippen LogP contribution >= 0.6 is 23.2 Å².